The Morgan fingerprint density at radius 3 is 2.49 bits per heavy atom. The SMILES string of the molecule is COc1ccc([Si](C)(C)[C@H]2[C@H](CCn3cc(CCO)nn3)O[C@@]3(C(=O)N(Cc4ccc(N5C(=O)CCc6ccccc65)cc4)c4ccc(Br)cc43)[C@@H]2C)cc1. The highest BCUT2D eigenvalue weighted by atomic mass is 79.9. The highest BCUT2D eigenvalue weighted by Crippen LogP contribution is 2.60. The molecular weight excluding hydrogens is 774 g/mol. The lowest BCUT2D eigenvalue weighted by Crippen LogP contribution is -2.51. The van der Waals surface area contributed by atoms with E-state index in [0.29, 0.717) is 32.4 Å². The largest absolute Gasteiger partial charge is 0.497 e. The van der Waals surface area contributed by atoms with Crippen LogP contribution in [0.3, 0.4) is 0 Å². The van der Waals surface area contributed by atoms with Crippen LogP contribution in [0.25, 0.3) is 0 Å². The number of hydrogen-bond acceptors (Lipinski definition) is 7. The maximum atomic E-state index is 15.3. The van der Waals surface area contributed by atoms with E-state index in [0.717, 1.165) is 56.1 Å². The smallest absolute Gasteiger partial charge is 0.264 e. The minimum Gasteiger partial charge on any atom is -0.497 e. The van der Waals surface area contributed by atoms with Gasteiger partial charge in [0.25, 0.3) is 5.91 Å². The number of anilines is 3. The van der Waals surface area contributed by atoms with Crippen LogP contribution in [0.5, 0.6) is 5.75 Å². The predicted molar refractivity (Wildman–Crippen MR) is 219 cm³/mol. The number of carbonyl (C=O) groups excluding carboxylic acids is 2. The zero-order chi connectivity index (χ0) is 38.5. The van der Waals surface area contributed by atoms with Crippen LogP contribution in [0.15, 0.2) is 102 Å². The minimum atomic E-state index is -2.34. The Bertz CT molecular complexity index is 2230. The monoisotopic (exact) mass is 819 g/mol. The summed E-state index contributed by atoms with van der Waals surface area (Å²) < 4.78 is 15.5. The van der Waals surface area contributed by atoms with Gasteiger partial charge in [-0.25, -0.2) is 0 Å². The second-order valence-electron chi connectivity index (χ2n) is 15.5. The number of aromatic nitrogens is 3. The third-order valence-electron chi connectivity index (χ3n) is 12.0. The number of ether oxygens (including phenoxy) is 2. The summed E-state index contributed by atoms with van der Waals surface area (Å²) >= 11 is 3.72. The standard InChI is InChI=1S/C43H46BrN5O5Si/c1-28-41(55(3,4)35-17-15-34(53-2)16-18-35)39(21-23-47-27-32(22-24-50)45-46-47)54-43(28)36-25-31(44)12-19-38(36)48(42(43)52)26-29-9-13-33(14-10-29)49-37-8-6-5-7-30(37)11-20-40(49)51/h5-10,12-19,25,27-28,39,41,50H,11,20-24,26H2,1-4H3/t28-,39+,41-,43+/m1/s1. The number of carbonyl (C=O) groups is 2. The van der Waals surface area contributed by atoms with Gasteiger partial charge in [0.2, 0.25) is 5.91 Å². The second kappa shape index (κ2) is 14.8. The molecule has 10 nitrogen and oxygen atoms in total. The molecule has 8 rings (SSSR count). The van der Waals surface area contributed by atoms with Gasteiger partial charge >= 0.3 is 0 Å². The molecule has 0 unspecified atom stereocenters. The Kier molecular flexibility index (Phi) is 10.0. The average Bonchev–Trinajstić information content (AvgIpc) is 3.84. The fourth-order valence-electron chi connectivity index (χ4n) is 9.29. The molecule has 3 aliphatic rings. The summed E-state index contributed by atoms with van der Waals surface area (Å²) in [7, 11) is -0.658. The van der Waals surface area contributed by atoms with E-state index in [9.17, 15) is 9.90 Å². The van der Waals surface area contributed by atoms with Crippen molar-refractivity contribution in [1.82, 2.24) is 15.0 Å². The number of amides is 2. The molecule has 1 spiro atoms. The van der Waals surface area contributed by atoms with Crippen LogP contribution in [-0.4, -0.2) is 59.8 Å². The van der Waals surface area contributed by atoms with E-state index in [4.69, 9.17) is 9.47 Å². The van der Waals surface area contributed by atoms with Crippen LogP contribution in [0.4, 0.5) is 17.1 Å². The number of benzene rings is 4. The molecule has 4 heterocycles. The van der Waals surface area contributed by atoms with Gasteiger partial charge in [-0.05, 0) is 78.0 Å². The third kappa shape index (κ3) is 6.52. The molecule has 0 aliphatic carbocycles. The number of hydrogen-bond donors (Lipinski definition) is 1. The molecule has 3 aliphatic heterocycles. The van der Waals surface area contributed by atoms with Gasteiger partial charge < -0.3 is 19.5 Å². The lowest BCUT2D eigenvalue weighted by atomic mass is 9.82. The minimum absolute atomic E-state index is 0.0125. The van der Waals surface area contributed by atoms with Crippen molar-refractivity contribution in [3.8, 4) is 5.75 Å². The highest BCUT2D eigenvalue weighted by Gasteiger charge is 2.66. The molecule has 5 aromatic rings. The summed E-state index contributed by atoms with van der Waals surface area (Å²) in [6.45, 7) is 7.90. The molecule has 12 heteroatoms. The van der Waals surface area contributed by atoms with E-state index in [1.165, 1.54) is 5.19 Å². The van der Waals surface area contributed by atoms with Gasteiger partial charge in [-0.3, -0.25) is 19.2 Å². The number of para-hydroxylation sites is 1. The van der Waals surface area contributed by atoms with Gasteiger partial charge in [-0.1, -0.05) is 88.8 Å². The highest BCUT2D eigenvalue weighted by molar-refractivity contribution is 9.10. The van der Waals surface area contributed by atoms with Crippen LogP contribution in [0, 0.1) is 5.92 Å². The Morgan fingerprint density at radius 2 is 1.75 bits per heavy atom. The Balaban J connectivity index is 1.13. The van der Waals surface area contributed by atoms with E-state index < -0.39 is 13.7 Å². The molecule has 0 radical (unpaired) electrons. The van der Waals surface area contributed by atoms with Gasteiger partial charge in [0.1, 0.15) is 5.75 Å². The molecule has 1 N–H and O–H groups in total. The van der Waals surface area contributed by atoms with Crippen molar-refractivity contribution in [3.05, 3.63) is 124 Å². The van der Waals surface area contributed by atoms with Crippen molar-refractivity contribution in [2.45, 2.75) is 76.0 Å². The van der Waals surface area contributed by atoms with E-state index in [1.807, 2.05) is 82.5 Å². The lowest BCUT2D eigenvalue weighted by molar-refractivity contribution is -0.146. The summed E-state index contributed by atoms with van der Waals surface area (Å²) in [5.41, 5.74) is 5.20. The van der Waals surface area contributed by atoms with E-state index >= 15 is 4.79 Å². The van der Waals surface area contributed by atoms with E-state index in [-0.39, 0.29) is 36.0 Å². The van der Waals surface area contributed by atoms with Crippen molar-refractivity contribution in [2.24, 2.45) is 5.92 Å². The summed E-state index contributed by atoms with van der Waals surface area (Å²) in [4.78, 5) is 32.1. The van der Waals surface area contributed by atoms with Gasteiger partial charge in [-0.15, -0.1) is 5.10 Å². The molecule has 1 aromatic heterocycles. The molecule has 1 fully saturated rings. The van der Waals surface area contributed by atoms with Crippen molar-refractivity contribution < 1.29 is 24.2 Å². The van der Waals surface area contributed by atoms with E-state index in [1.54, 1.807) is 12.0 Å². The Hall–Kier alpha value is -4.62. The van der Waals surface area contributed by atoms with Gasteiger partial charge in [0, 0.05) is 53.8 Å². The maximum Gasteiger partial charge on any atom is 0.264 e. The Labute approximate surface area is 331 Å². The van der Waals surface area contributed by atoms with Crippen LogP contribution < -0.4 is 19.7 Å². The number of fused-ring (bicyclic) bond motifs is 3. The molecule has 0 saturated carbocycles. The van der Waals surface area contributed by atoms with Crippen molar-refractivity contribution in [2.75, 3.05) is 23.5 Å². The van der Waals surface area contributed by atoms with Crippen LogP contribution in [0.2, 0.25) is 18.6 Å². The first-order chi connectivity index (χ1) is 26.5. The number of nitrogens with zero attached hydrogens (tertiary/aromatic N) is 5. The molecule has 1 saturated heterocycles. The second-order valence-corrected chi connectivity index (χ2v) is 21.1. The van der Waals surface area contributed by atoms with Gasteiger partial charge in [-0.2, -0.15) is 0 Å². The third-order valence-corrected chi connectivity index (χ3v) is 16.9. The van der Waals surface area contributed by atoms with Crippen molar-refractivity contribution >= 4 is 58.1 Å². The van der Waals surface area contributed by atoms with Crippen molar-refractivity contribution in [1.29, 1.82) is 0 Å². The number of aryl methyl sites for hydroxylation is 2. The fourth-order valence-corrected chi connectivity index (χ4v) is 13.7. The Morgan fingerprint density at radius 1 is 0.982 bits per heavy atom. The van der Waals surface area contributed by atoms with Crippen molar-refractivity contribution in [3.63, 3.8) is 0 Å². The molecule has 4 atom stereocenters. The summed E-state index contributed by atoms with van der Waals surface area (Å²) in [5, 5.41) is 19.3. The number of rotatable bonds is 11. The first kappa shape index (κ1) is 37.3. The lowest BCUT2D eigenvalue weighted by Gasteiger charge is -2.37. The van der Waals surface area contributed by atoms with Crippen LogP contribution in [0.1, 0.15) is 42.1 Å². The van der Waals surface area contributed by atoms with Gasteiger partial charge in [0.15, 0.2) is 5.60 Å². The maximum absolute atomic E-state index is 15.3. The summed E-state index contributed by atoms with van der Waals surface area (Å²) in [6.07, 6.45) is 3.93. The predicted octanol–water partition coefficient (Wildman–Crippen LogP) is 7.05. The molecule has 0 bridgehead atoms. The molecule has 4 aromatic carbocycles. The zero-order valence-corrected chi connectivity index (χ0v) is 34.2. The summed E-state index contributed by atoms with van der Waals surface area (Å²) in [5.74, 6) is 0.674. The number of aliphatic hydroxyl groups excluding tert-OH is 1. The molecule has 284 valence electrons. The van der Waals surface area contributed by atoms with Gasteiger partial charge in [0.05, 0.1) is 44.9 Å². The zero-order valence-electron chi connectivity index (χ0n) is 31.6. The molecule has 55 heavy (non-hydrogen) atoms. The number of methoxy groups -OCH3 is 1. The number of halogens is 1. The first-order valence-corrected chi connectivity index (χ1v) is 22.9. The molecular formula is C43H46BrN5O5Si. The topological polar surface area (TPSA) is 110 Å². The fraction of sp³-hybridized carbons (Fsp3) is 0.349. The average molecular weight is 821 g/mol. The van der Waals surface area contributed by atoms with E-state index in [2.05, 4.69) is 70.5 Å². The first-order valence-electron chi connectivity index (χ1n) is 19.0. The molecule has 2 amide bonds. The number of aliphatic hydroxyl groups is 1. The normalized spacial score (nSPS) is 22.0. The summed E-state index contributed by atoms with van der Waals surface area (Å²) in [6, 6.07) is 30.5. The van der Waals surface area contributed by atoms with Crippen LogP contribution in [-0.2, 0) is 45.9 Å². The van der Waals surface area contributed by atoms with Crippen LogP contribution >= 0.6 is 15.9 Å². The quantitative estimate of drug-likeness (QED) is 0.142.